The van der Waals surface area contributed by atoms with E-state index in [9.17, 15) is 13.2 Å². The van der Waals surface area contributed by atoms with Gasteiger partial charge in [-0.05, 0) is 0 Å². The van der Waals surface area contributed by atoms with Crippen LogP contribution in [-0.4, -0.2) is 20.2 Å². The molecule has 0 bridgehead atoms. The molecule has 5 heteroatoms. The first-order chi connectivity index (χ1) is 5.79. The second kappa shape index (κ2) is 3.43. The summed E-state index contributed by atoms with van der Waals surface area (Å²) in [5, 5.41) is 0. The molecule has 0 aromatic carbocycles. The third kappa shape index (κ3) is 3.93. The molecular formula is C8H10F3IO. The first kappa shape index (κ1) is 10.7. The molecule has 0 atom stereocenters. The zero-order chi connectivity index (χ0) is 10.1. The average Bonchev–Trinajstić information content (AvgIpc) is 1.91. The van der Waals surface area contributed by atoms with Crippen molar-refractivity contribution >= 4 is 22.0 Å². The Bertz CT molecular complexity index is 306. The number of halogens is 4. The molecule has 1 nitrogen and oxygen atoms in total. The molecule has 0 N–H and O–H groups in total. The summed E-state index contributed by atoms with van der Waals surface area (Å²) in [6.45, 7) is 0. The van der Waals surface area contributed by atoms with Gasteiger partial charge < -0.3 is 0 Å². The van der Waals surface area contributed by atoms with Crippen LogP contribution < -0.4 is 0 Å². The van der Waals surface area contributed by atoms with E-state index in [4.69, 9.17) is 0 Å². The van der Waals surface area contributed by atoms with Crippen LogP contribution in [0.1, 0.15) is 0 Å². The van der Waals surface area contributed by atoms with Crippen LogP contribution in [-0.2, 0) is 4.74 Å². The van der Waals surface area contributed by atoms with Crippen LogP contribution in [0.5, 0.6) is 0 Å². The van der Waals surface area contributed by atoms with E-state index in [1.165, 1.54) is 12.2 Å². The molecule has 0 aromatic heterocycles. The quantitative estimate of drug-likeness (QED) is 0.534. The van der Waals surface area contributed by atoms with Gasteiger partial charge in [0.15, 0.2) is 0 Å². The van der Waals surface area contributed by atoms with E-state index >= 15 is 0 Å². The van der Waals surface area contributed by atoms with Gasteiger partial charge in [-0.2, -0.15) is 0 Å². The molecule has 1 aliphatic heterocycles. The third-order valence-corrected chi connectivity index (χ3v) is 5.76. The van der Waals surface area contributed by atoms with Gasteiger partial charge in [-0.15, -0.1) is 0 Å². The Morgan fingerprint density at radius 2 is 1.92 bits per heavy atom. The summed E-state index contributed by atoms with van der Waals surface area (Å²) in [5.74, 6) is -0.129. The summed E-state index contributed by atoms with van der Waals surface area (Å²) < 4.78 is 42.6. The Morgan fingerprint density at radius 3 is 2.31 bits per heavy atom. The van der Waals surface area contributed by atoms with Crippen molar-refractivity contribution in [1.82, 2.24) is 0 Å². The molecule has 0 aromatic rings. The van der Waals surface area contributed by atoms with Gasteiger partial charge in [0.25, 0.3) is 0 Å². The summed E-state index contributed by atoms with van der Waals surface area (Å²) >= 11 is -1.93. The minimum absolute atomic E-state index is 0.129. The van der Waals surface area contributed by atoms with Crippen LogP contribution in [0, 0.1) is 0 Å². The Hall–Kier alpha value is -0.330. The van der Waals surface area contributed by atoms with Crippen LogP contribution >= 0.6 is 18.0 Å². The molecule has 13 heavy (non-hydrogen) atoms. The standard InChI is InChI=1S/C8H10F3IO/c1-12(2)5-3-7(4-6-12)13-8(9,10)11/h3-6H,1-2H3. The van der Waals surface area contributed by atoms with Crippen molar-refractivity contribution in [2.45, 2.75) is 6.36 Å². The molecule has 0 saturated carbocycles. The Balaban J connectivity index is 2.75. The molecule has 0 unspecified atom stereocenters. The van der Waals surface area contributed by atoms with E-state index in [1.807, 2.05) is 8.09 Å². The van der Waals surface area contributed by atoms with Crippen LogP contribution in [0.3, 0.4) is 0 Å². The van der Waals surface area contributed by atoms with Crippen molar-refractivity contribution < 1.29 is 17.9 Å². The zero-order valence-corrected chi connectivity index (χ0v) is 9.39. The molecular weight excluding hydrogens is 296 g/mol. The Morgan fingerprint density at radius 1 is 1.31 bits per heavy atom. The van der Waals surface area contributed by atoms with E-state index in [-0.39, 0.29) is 5.76 Å². The summed E-state index contributed by atoms with van der Waals surface area (Å²) in [4.78, 5) is 4.15. The SMILES string of the molecule is CI1(C)=CC=C(OC(F)(F)F)C=C1. The molecule has 76 valence electrons. The van der Waals surface area contributed by atoms with Crippen LogP contribution in [0.4, 0.5) is 13.2 Å². The molecule has 0 radical (unpaired) electrons. The molecule has 0 amide bonds. The summed E-state index contributed by atoms with van der Waals surface area (Å²) in [5.41, 5.74) is 0. The first-order valence-electron chi connectivity index (χ1n) is 3.41. The van der Waals surface area contributed by atoms with Crippen LogP contribution in [0.15, 0.2) is 22.0 Å². The number of allylic oxidation sites excluding steroid dienone is 2. The van der Waals surface area contributed by atoms with Crippen molar-refractivity contribution in [3.8, 4) is 0 Å². The second-order valence-corrected chi connectivity index (χ2v) is 12.2. The summed E-state index contributed by atoms with van der Waals surface area (Å²) in [6.07, 6.45) is -1.77. The second-order valence-electron chi connectivity index (χ2n) is 2.91. The number of alkyl halides is 5. The number of rotatable bonds is 1. The molecule has 0 fully saturated rings. The predicted molar refractivity (Wildman–Crippen MR) is 56.3 cm³/mol. The van der Waals surface area contributed by atoms with Gasteiger partial charge in [0.2, 0.25) is 0 Å². The zero-order valence-electron chi connectivity index (χ0n) is 7.23. The summed E-state index contributed by atoms with van der Waals surface area (Å²) in [7, 11) is 0. The number of hydrogen-bond donors (Lipinski definition) is 0. The average molecular weight is 306 g/mol. The fraction of sp³-hybridized carbons (Fsp3) is 0.375. The van der Waals surface area contributed by atoms with Crippen molar-refractivity contribution in [1.29, 1.82) is 0 Å². The monoisotopic (exact) mass is 306 g/mol. The fourth-order valence-corrected chi connectivity index (χ4v) is 3.55. The van der Waals surface area contributed by atoms with E-state index in [2.05, 4.69) is 14.6 Å². The van der Waals surface area contributed by atoms with Crippen LogP contribution in [0.25, 0.3) is 0 Å². The number of ether oxygens (including phenoxy) is 1. The van der Waals surface area contributed by atoms with Crippen molar-refractivity contribution in [3.05, 3.63) is 22.0 Å². The van der Waals surface area contributed by atoms with Gasteiger partial charge in [-0.1, -0.05) is 0 Å². The molecule has 0 spiro atoms. The molecule has 0 saturated heterocycles. The Kier molecular flexibility index (Phi) is 2.84. The molecule has 0 aliphatic carbocycles. The van der Waals surface area contributed by atoms with Gasteiger partial charge in [0.1, 0.15) is 0 Å². The van der Waals surface area contributed by atoms with Crippen molar-refractivity contribution in [3.63, 3.8) is 0 Å². The van der Waals surface area contributed by atoms with Gasteiger partial charge >= 0.3 is 78.1 Å². The minimum atomic E-state index is -4.59. The van der Waals surface area contributed by atoms with Gasteiger partial charge in [-0.3, -0.25) is 0 Å². The first-order valence-corrected chi connectivity index (χ1v) is 10.2. The van der Waals surface area contributed by atoms with Gasteiger partial charge in [-0.25, -0.2) is 0 Å². The maximum absolute atomic E-state index is 11.7. The van der Waals surface area contributed by atoms with Crippen LogP contribution in [0.2, 0.25) is 0 Å². The van der Waals surface area contributed by atoms with Gasteiger partial charge in [0.05, 0.1) is 0 Å². The Labute approximate surface area is 78.3 Å². The molecule has 1 heterocycles. The molecule has 1 rings (SSSR count). The third-order valence-electron chi connectivity index (χ3n) is 1.34. The van der Waals surface area contributed by atoms with E-state index in [0.717, 1.165) is 0 Å². The van der Waals surface area contributed by atoms with Crippen molar-refractivity contribution in [2.75, 3.05) is 9.86 Å². The fourth-order valence-electron chi connectivity index (χ4n) is 0.748. The number of hydrogen-bond acceptors (Lipinski definition) is 1. The van der Waals surface area contributed by atoms with E-state index < -0.39 is 24.3 Å². The molecule has 1 aliphatic rings. The van der Waals surface area contributed by atoms with Crippen molar-refractivity contribution in [2.24, 2.45) is 0 Å². The predicted octanol–water partition coefficient (Wildman–Crippen LogP) is 3.04. The maximum atomic E-state index is 11.7. The van der Waals surface area contributed by atoms with Gasteiger partial charge in [0, 0.05) is 0 Å². The topological polar surface area (TPSA) is 9.23 Å². The van der Waals surface area contributed by atoms with E-state index in [1.54, 1.807) is 0 Å². The van der Waals surface area contributed by atoms with E-state index in [0.29, 0.717) is 0 Å². The normalized spacial score (nSPS) is 23.0. The summed E-state index contributed by atoms with van der Waals surface area (Å²) in [6, 6.07) is 0.